The van der Waals surface area contributed by atoms with Crippen molar-refractivity contribution in [3.63, 3.8) is 0 Å². The first-order chi connectivity index (χ1) is 14.1. The molecule has 0 radical (unpaired) electrons. The molecule has 3 aromatic rings. The third-order valence-corrected chi connectivity index (χ3v) is 6.08. The molecule has 1 saturated heterocycles. The maximum absolute atomic E-state index is 12.6. The molecular formula is C21H22ClN5OS. The van der Waals surface area contributed by atoms with Crippen molar-refractivity contribution < 1.29 is 4.79 Å². The highest BCUT2D eigenvalue weighted by Gasteiger charge is 2.19. The lowest BCUT2D eigenvalue weighted by atomic mass is 10.2. The van der Waals surface area contributed by atoms with Gasteiger partial charge in [0, 0.05) is 60.5 Å². The molecule has 8 heteroatoms. The summed E-state index contributed by atoms with van der Waals surface area (Å²) in [5, 5.41) is 6.24. The van der Waals surface area contributed by atoms with Crippen molar-refractivity contribution in [2.24, 2.45) is 0 Å². The Kier molecular flexibility index (Phi) is 6.08. The topological polar surface area (TPSA) is 61.4 Å². The zero-order chi connectivity index (χ0) is 20.2. The van der Waals surface area contributed by atoms with Crippen LogP contribution in [0.5, 0.6) is 0 Å². The number of piperazine rings is 1. The summed E-state index contributed by atoms with van der Waals surface area (Å²) in [6, 6.07) is 11.4. The SMILES string of the molecule is CN1CCN(c2ncccc2CNC(=O)c2csc(-c3ccc(Cl)cc3)n2)CC1. The molecule has 1 aromatic carbocycles. The maximum Gasteiger partial charge on any atom is 0.271 e. The summed E-state index contributed by atoms with van der Waals surface area (Å²) in [7, 11) is 2.13. The summed E-state index contributed by atoms with van der Waals surface area (Å²) in [6.45, 7) is 4.31. The molecule has 0 bridgehead atoms. The molecule has 4 rings (SSSR count). The van der Waals surface area contributed by atoms with Gasteiger partial charge in [0.15, 0.2) is 0 Å². The van der Waals surface area contributed by atoms with Crippen molar-refractivity contribution in [2.75, 3.05) is 38.1 Å². The number of carbonyl (C=O) groups excluding carboxylic acids is 1. The van der Waals surface area contributed by atoms with Gasteiger partial charge < -0.3 is 15.1 Å². The second-order valence-corrected chi connectivity index (χ2v) is 8.30. The zero-order valence-electron chi connectivity index (χ0n) is 16.1. The van der Waals surface area contributed by atoms with Crippen molar-refractivity contribution in [1.82, 2.24) is 20.2 Å². The first kappa shape index (κ1) is 19.8. The molecule has 0 spiro atoms. The molecule has 0 aliphatic carbocycles. The summed E-state index contributed by atoms with van der Waals surface area (Å²) in [5.74, 6) is 0.760. The number of carbonyl (C=O) groups is 1. The zero-order valence-corrected chi connectivity index (χ0v) is 17.7. The van der Waals surface area contributed by atoms with Gasteiger partial charge in [-0.05, 0) is 25.2 Å². The van der Waals surface area contributed by atoms with Crippen LogP contribution in [0.1, 0.15) is 16.1 Å². The van der Waals surface area contributed by atoms with Crippen molar-refractivity contribution in [3.8, 4) is 10.6 Å². The van der Waals surface area contributed by atoms with E-state index in [0.29, 0.717) is 17.3 Å². The van der Waals surface area contributed by atoms with E-state index in [4.69, 9.17) is 11.6 Å². The van der Waals surface area contributed by atoms with E-state index in [1.807, 2.05) is 36.4 Å². The fraction of sp³-hybridized carbons (Fsp3) is 0.286. The fourth-order valence-corrected chi connectivity index (χ4v) is 4.17. The van der Waals surface area contributed by atoms with Crippen LogP contribution >= 0.6 is 22.9 Å². The van der Waals surface area contributed by atoms with E-state index in [0.717, 1.165) is 48.1 Å². The Morgan fingerprint density at radius 2 is 1.93 bits per heavy atom. The normalized spacial score (nSPS) is 14.8. The minimum absolute atomic E-state index is 0.186. The highest BCUT2D eigenvalue weighted by molar-refractivity contribution is 7.13. The van der Waals surface area contributed by atoms with Crippen LogP contribution < -0.4 is 10.2 Å². The fourth-order valence-electron chi connectivity index (χ4n) is 3.24. The number of rotatable bonds is 5. The van der Waals surface area contributed by atoms with E-state index in [1.54, 1.807) is 11.6 Å². The molecule has 1 fully saturated rings. The van der Waals surface area contributed by atoms with Crippen molar-refractivity contribution in [2.45, 2.75) is 6.54 Å². The molecule has 6 nitrogen and oxygen atoms in total. The van der Waals surface area contributed by atoms with Crippen molar-refractivity contribution in [1.29, 1.82) is 0 Å². The molecular weight excluding hydrogens is 406 g/mol. The minimum Gasteiger partial charge on any atom is -0.354 e. The number of likely N-dealkylation sites (N-methyl/N-ethyl adjacent to an activating group) is 1. The molecule has 0 unspecified atom stereocenters. The van der Waals surface area contributed by atoms with Crippen LogP contribution in [0.3, 0.4) is 0 Å². The van der Waals surface area contributed by atoms with Crippen molar-refractivity contribution >= 4 is 34.7 Å². The van der Waals surface area contributed by atoms with E-state index in [-0.39, 0.29) is 5.91 Å². The van der Waals surface area contributed by atoms with Gasteiger partial charge in [0.25, 0.3) is 5.91 Å². The Balaban J connectivity index is 1.42. The lowest BCUT2D eigenvalue weighted by Crippen LogP contribution is -2.45. The maximum atomic E-state index is 12.6. The molecule has 2 aromatic heterocycles. The van der Waals surface area contributed by atoms with Gasteiger partial charge in [0.2, 0.25) is 0 Å². The standard InChI is InChI=1S/C21H22ClN5OS/c1-26-9-11-27(12-10-26)19-16(3-2-8-23-19)13-24-20(28)18-14-29-21(25-18)15-4-6-17(22)7-5-15/h2-8,14H,9-13H2,1H3,(H,24,28). The van der Waals surface area contributed by atoms with Gasteiger partial charge in [0.1, 0.15) is 16.5 Å². The van der Waals surface area contributed by atoms with E-state index in [1.165, 1.54) is 11.3 Å². The molecule has 1 aliphatic rings. The molecule has 1 aliphatic heterocycles. The van der Waals surface area contributed by atoms with Crippen LogP contribution in [0.4, 0.5) is 5.82 Å². The van der Waals surface area contributed by atoms with Gasteiger partial charge in [-0.2, -0.15) is 0 Å². The molecule has 1 amide bonds. The number of nitrogens with zero attached hydrogens (tertiary/aromatic N) is 4. The highest BCUT2D eigenvalue weighted by Crippen LogP contribution is 2.25. The summed E-state index contributed by atoms with van der Waals surface area (Å²) >= 11 is 7.38. The second-order valence-electron chi connectivity index (χ2n) is 7.00. The first-order valence-corrected chi connectivity index (χ1v) is 10.7. The van der Waals surface area contributed by atoms with Crippen LogP contribution in [0.15, 0.2) is 48.0 Å². The molecule has 3 heterocycles. The molecule has 150 valence electrons. The monoisotopic (exact) mass is 427 g/mol. The quantitative estimate of drug-likeness (QED) is 0.674. The van der Waals surface area contributed by atoms with Crippen LogP contribution in [0.2, 0.25) is 5.02 Å². The Bertz CT molecular complexity index is 983. The summed E-state index contributed by atoms with van der Waals surface area (Å²) in [4.78, 5) is 26.2. The number of halogens is 1. The second kappa shape index (κ2) is 8.90. The number of benzene rings is 1. The number of anilines is 1. The highest BCUT2D eigenvalue weighted by atomic mass is 35.5. The van der Waals surface area contributed by atoms with E-state index < -0.39 is 0 Å². The lowest BCUT2D eigenvalue weighted by molar-refractivity contribution is 0.0946. The summed E-state index contributed by atoms with van der Waals surface area (Å²) in [5.41, 5.74) is 2.38. The number of pyridine rings is 1. The first-order valence-electron chi connectivity index (χ1n) is 9.47. The molecule has 1 N–H and O–H groups in total. The van der Waals surface area contributed by atoms with Crippen LogP contribution in [-0.2, 0) is 6.54 Å². The van der Waals surface area contributed by atoms with Crippen LogP contribution in [0.25, 0.3) is 10.6 Å². The number of amides is 1. The Hall–Kier alpha value is -2.48. The number of thiazole rings is 1. The van der Waals surface area contributed by atoms with Gasteiger partial charge >= 0.3 is 0 Å². The number of hydrogen-bond acceptors (Lipinski definition) is 6. The lowest BCUT2D eigenvalue weighted by Gasteiger charge is -2.34. The van der Waals surface area contributed by atoms with E-state index in [9.17, 15) is 4.79 Å². The third-order valence-electron chi connectivity index (χ3n) is 4.94. The van der Waals surface area contributed by atoms with E-state index in [2.05, 4.69) is 32.1 Å². The average molecular weight is 428 g/mol. The minimum atomic E-state index is -0.186. The number of nitrogens with one attached hydrogen (secondary N) is 1. The van der Waals surface area contributed by atoms with Crippen LogP contribution in [-0.4, -0.2) is 54.0 Å². The predicted molar refractivity (Wildman–Crippen MR) is 118 cm³/mol. The summed E-state index contributed by atoms with van der Waals surface area (Å²) in [6.07, 6.45) is 1.80. The van der Waals surface area contributed by atoms with Gasteiger partial charge in [-0.3, -0.25) is 4.79 Å². The molecule has 0 atom stereocenters. The largest absolute Gasteiger partial charge is 0.354 e. The van der Waals surface area contributed by atoms with Gasteiger partial charge in [-0.25, -0.2) is 9.97 Å². The Morgan fingerprint density at radius 3 is 2.69 bits per heavy atom. The number of hydrogen-bond donors (Lipinski definition) is 1. The average Bonchev–Trinajstić information content (AvgIpc) is 3.24. The Labute approximate surface area is 179 Å². The summed E-state index contributed by atoms with van der Waals surface area (Å²) < 4.78 is 0. The molecule has 29 heavy (non-hydrogen) atoms. The number of aromatic nitrogens is 2. The van der Waals surface area contributed by atoms with Gasteiger partial charge in [-0.1, -0.05) is 29.8 Å². The predicted octanol–water partition coefficient (Wildman–Crippen LogP) is 3.54. The van der Waals surface area contributed by atoms with Gasteiger partial charge in [0.05, 0.1) is 0 Å². The van der Waals surface area contributed by atoms with Gasteiger partial charge in [-0.15, -0.1) is 11.3 Å². The molecule has 0 saturated carbocycles. The van der Waals surface area contributed by atoms with Crippen LogP contribution in [0, 0.1) is 0 Å². The van der Waals surface area contributed by atoms with E-state index >= 15 is 0 Å². The van der Waals surface area contributed by atoms with Crippen molar-refractivity contribution in [3.05, 3.63) is 64.3 Å². The Morgan fingerprint density at radius 1 is 1.17 bits per heavy atom. The smallest absolute Gasteiger partial charge is 0.271 e. The third kappa shape index (κ3) is 4.75.